The van der Waals surface area contributed by atoms with Gasteiger partial charge in [-0.3, -0.25) is 28.8 Å². The second-order valence-corrected chi connectivity index (χ2v) is 31.1. The van der Waals surface area contributed by atoms with Crippen LogP contribution in [0, 0.1) is 51.2 Å². The summed E-state index contributed by atoms with van der Waals surface area (Å²) in [4.78, 5) is 116. The van der Waals surface area contributed by atoms with Gasteiger partial charge in [-0.25, -0.2) is 9.59 Å². The highest BCUT2D eigenvalue weighted by atomic mass is 16.6. The van der Waals surface area contributed by atoms with Gasteiger partial charge in [0.2, 0.25) is 0 Å². The number of aliphatic hydroxyl groups is 4. The molecule has 2 bridgehead atoms. The Morgan fingerprint density at radius 2 is 1.39 bits per heavy atom. The Morgan fingerprint density at radius 1 is 0.750 bits per heavy atom. The van der Waals surface area contributed by atoms with Gasteiger partial charge in [0.05, 0.1) is 41.8 Å². The molecular formula is C80H99NO19. The summed E-state index contributed by atoms with van der Waals surface area (Å²) in [5.74, 6) is -7.22. The van der Waals surface area contributed by atoms with Crippen LogP contribution >= 0.6 is 0 Å². The molecule has 3 aromatic carbocycles. The summed E-state index contributed by atoms with van der Waals surface area (Å²) >= 11 is 0. The van der Waals surface area contributed by atoms with E-state index in [0.29, 0.717) is 35.7 Å². The van der Waals surface area contributed by atoms with Crippen molar-refractivity contribution in [2.75, 3.05) is 6.61 Å². The zero-order valence-electron chi connectivity index (χ0n) is 59.1. The Balaban J connectivity index is 0.860. The average Bonchev–Trinajstić information content (AvgIpc) is 0.791. The highest BCUT2D eigenvalue weighted by Crippen LogP contribution is 2.66. The molecular weight excluding hydrogens is 1280 g/mol. The van der Waals surface area contributed by atoms with Gasteiger partial charge in [0.1, 0.15) is 36.1 Å². The third-order valence-corrected chi connectivity index (χ3v) is 24.3. The van der Waals surface area contributed by atoms with Crippen LogP contribution in [-0.4, -0.2) is 141 Å². The molecule has 100 heavy (non-hydrogen) atoms. The molecule has 14 unspecified atom stereocenters. The van der Waals surface area contributed by atoms with Crippen molar-refractivity contribution in [3.8, 4) is 0 Å². The number of rotatable bonds is 21. The molecule has 6 saturated carbocycles. The number of hydrogen-bond acceptors (Lipinski definition) is 19. The predicted octanol–water partition coefficient (Wildman–Crippen LogP) is 10.6. The summed E-state index contributed by atoms with van der Waals surface area (Å²) in [7, 11) is 0. The number of hydrogen-bond donors (Lipinski definition) is 5. The first-order valence-electron chi connectivity index (χ1n) is 35.7. The van der Waals surface area contributed by atoms with Gasteiger partial charge in [-0.05, 0) is 135 Å². The topological polar surface area (TPSA) is 294 Å². The number of ketones is 1. The highest BCUT2D eigenvalue weighted by molar-refractivity contribution is 5.97. The van der Waals surface area contributed by atoms with Gasteiger partial charge < -0.3 is 58.9 Å². The normalized spacial score (nSPS) is 33.9. The molecule has 20 heteroatoms. The maximum atomic E-state index is 16.6. The van der Waals surface area contributed by atoms with Crippen molar-refractivity contribution in [1.29, 1.82) is 0 Å². The van der Waals surface area contributed by atoms with E-state index < -0.39 is 149 Å². The van der Waals surface area contributed by atoms with E-state index in [1.807, 2.05) is 19.9 Å². The number of carbonyl (C=O) groups excluding carboxylic acids is 8. The summed E-state index contributed by atoms with van der Waals surface area (Å²) in [6.07, 6.45) is 2.90. The molecule has 0 spiro atoms. The van der Waals surface area contributed by atoms with Crippen molar-refractivity contribution < 1.29 is 91.9 Å². The van der Waals surface area contributed by atoms with Crippen molar-refractivity contribution in [2.24, 2.45) is 51.2 Å². The van der Waals surface area contributed by atoms with Gasteiger partial charge in [-0.15, -0.1) is 0 Å². The summed E-state index contributed by atoms with van der Waals surface area (Å²) in [5.41, 5.74) is -6.06. The molecule has 20 nitrogen and oxygen atoms in total. The number of aliphatic hydroxyl groups excluding tert-OH is 3. The number of carbonyl (C=O) groups is 8. The van der Waals surface area contributed by atoms with Crippen LogP contribution in [0.1, 0.15) is 191 Å². The zero-order valence-corrected chi connectivity index (χ0v) is 59.1. The number of allylic oxidation sites excluding steroid dienone is 4. The molecule has 1 aliphatic heterocycles. The number of fused-ring (bicyclic) bond motifs is 6. The SMILES string of the molecule is CC(=O)OC1C(=O)C2(C)C(OC(=O)CCCC(=O)O[C@@H]3C/C(=C/C=C4\CCC[C@@]5(C)C4CCC5[C@@H](C)/C=C/C(O)C4CC4)C(C)(C)[C@@H](O)C3)CC3OCC3(OC(C)=O)C2C(OC(=O)c2ccccc2)C2(O)CC(OC(=O)C(O)C(NC(=O)c3ccccc3)c3ccccc3)C(C)=C1C2(C)C. The van der Waals surface area contributed by atoms with Crippen LogP contribution in [0.3, 0.4) is 0 Å². The number of amides is 1. The van der Waals surface area contributed by atoms with Crippen LogP contribution in [0.2, 0.25) is 0 Å². The summed E-state index contributed by atoms with van der Waals surface area (Å²) in [6, 6.07) is 22.7. The van der Waals surface area contributed by atoms with Crippen molar-refractivity contribution in [2.45, 2.75) is 231 Å². The first-order valence-corrected chi connectivity index (χ1v) is 35.7. The van der Waals surface area contributed by atoms with Crippen molar-refractivity contribution in [1.82, 2.24) is 5.32 Å². The Kier molecular flexibility index (Phi) is 21.4. The molecule has 538 valence electrons. The molecule has 7 aliphatic carbocycles. The fourth-order valence-electron chi connectivity index (χ4n) is 18.3. The fraction of sp³-hybridized carbons (Fsp3) is 0.575. The minimum absolute atomic E-state index is 0.00843. The second kappa shape index (κ2) is 29.0. The maximum Gasteiger partial charge on any atom is 0.338 e. The quantitative estimate of drug-likeness (QED) is 0.0376. The number of nitrogens with one attached hydrogen (secondary N) is 1. The average molecular weight is 1380 g/mol. The maximum absolute atomic E-state index is 16.6. The molecule has 5 N–H and O–H groups in total. The predicted molar refractivity (Wildman–Crippen MR) is 366 cm³/mol. The highest BCUT2D eigenvalue weighted by Gasteiger charge is 2.79. The van der Waals surface area contributed by atoms with E-state index in [2.05, 4.69) is 37.4 Å². The largest absolute Gasteiger partial charge is 0.462 e. The summed E-state index contributed by atoms with van der Waals surface area (Å²) in [6.45, 7) is 16.5. The lowest BCUT2D eigenvalue weighted by Crippen LogP contribution is -2.82. The molecule has 1 saturated heterocycles. The third-order valence-electron chi connectivity index (χ3n) is 24.3. The van der Waals surface area contributed by atoms with Gasteiger partial charge in [-0.1, -0.05) is 144 Å². The molecule has 18 atom stereocenters. The van der Waals surface area contributed by atoms with Crippen LogP contribution in [0.15, 0.2) is 138 Å². The Labute approximate surface area is 585 Å². The third kappa shape index (κ3) is 14.1. The van der Waals surface area contributed by atoms with Crippen LogP contribution in [0.4, 0.5) is 0 Å². The number of esters is 6. The molecule has 8 aliphatic rings. The van der Waals surface area contributed by atoms with Gasteiger partial charge >= 0.3 is 35.8 Å². The van der Waals surface area contributed by atoms with E-state index in [9.17, 15) is 54.0 Å². The van der Waals surface area contributed by atoms with Crippen LogP contribution in [-0.2, 0) is 61.9 Å². The molecule has 3 aromatic rings. The monoisotopic (exact) mass is 1380 g/mol. The van der Waals surface area contributed by atoms with Crippen LogP contribution in [0.25, 0.3) is 0 Å². The lowest BCUT2D eigenvalue weighted by Gasteiger charge is -2.67. The van der Waals surface area contributed by atoms with E-state index in [1.165, 1.54) is 31.6 Å². The van der Waals surface area contributed by atoms with E-state index >= 15 is 4.79 Å². The fourth-order valence-corrected chi connectivity index (χ4v) is 18.3. The minimum atomic E-state index is -2.54. The molecule has 0 radical (unpaired) electrons. The van der Waals surface area contributed by atoms with E-state index in [-0.39, 0.29) is 65.9 Å². The molecule has 1 heterocycles. The lowest BCUT2D eigenvalue weighted by molar-refractivity contribution is -0.346. The lowest BCUT2D eigenvalue weighted by atomic mass is 9.44. The van der Waals surface area contributed by atoms with E-state index in [4.69, 9.17) is 33.2 Å². The number of benzene rings is 3. The van der Waals surface area contributed by atoms with E-state index in [1.54, 1.807) is 92.7 Å². The van der Waals surface area contributed by atoms with Crippen LogP contribution in [0.5, 0.6) is 0 Å². The molecule has 0 aromatic heterocycles. The zero-order chi connectivity index (χ0) is 72.0. The molecule has 11 rings (SSSR count). The number of Topliss-reactive ketones (excluding diaryl/α,β-unsaturated/α-hetero) is 1. The first kappa shape index (κ1) is 73.6. The molecule has 1 amide bonds. The standard InChI is InChI=1S/C80H99NO19/c1-45(31-38-58(84)50-32-33-50)56-36-37-57-49(28-21-39-77(56,57)9)34-35-54-40-55(41-60(85)75(54,5)6)96-63(86)29-20-30-64(87)98-61-42-62-79(44-94-62,100-48(4)83)69-71(99-73(91)53-26-18-13-19-27-53)80(93)43-59(46(2)65(76(80,7)8)68(95-47(3)82)70(89)78(61,69)10)97-74(92)67(88)66(51-22-14-11-15-23-51)81-72(90)52-24-16-12-17-25-52/h11-19,22-27,31,34-35,38,45,50,55-62,66-69,71,84-85,88,93H,20-21,28-30,32-33,36-37,39-44H2,1-10H3,(H,81,90)/b38-31+,49-34+,54-35-/t45-,55+,56?,57?,58?,59?,60-,61?,62?,66?,67?,68?,69?,71?,77+,78?,79?,80?/m0/s1. The van der Waals surface area contributed by atoms with Gasteiger partial charge in [-0.2, -0.15) is 0 Å². The van der Waals surface area contributed by atoms with Crippen molar-refractivity contribution in [3.05, 3.63) is 154 Å². The Morgan fingerprint density at radius 3 is 2.01 bits per heavy atom. The van der Waals surface area contributed by atoms with Crippen LogP contribution < -0.4 is 5.32 Å². The van der Waals surface area contributed by atoms with Crippen molar-refractivity contribution in [3.63, 3.8) is 0 Å². The van der Waals surface area contributed by atoms with Gasteiger partial charge in [0, 0.05) is 68.8 Å². The van der Waals surface area contributed by atoms with Crippen molar-refractivity contribution >= 4 is 47.5 Å². The Bertz CT molecular complexity index is 3720. The summed E-state index contributed by atoms with van der Waals surface area (Å²) < 4.78 is 44.0. The Hall–Kier alpha value is -7.62. The second-order valence-electron chi connectivity index (χ2n) is 31.1. The smallest absolute Gasteiger partial charge is 0.338 e. The summed E-state index contributed by atoms with van der Waals surface area (Å²) in [5, 5.41) is 51.4. The van der Waals surface area contributed by atoms with Gasteiger partial charge in [0.15, 0.2) is 23.6 Å². The number of ether oxygens (including phenoxy) is 7. The van der Waals surface area contributed by atoms with E-state index in [0.717, 1.165) is 64.4 Å². The first-order chi connectivity index (χ1) is 47.3. The molecule has 7 fully saturated rings. The van der Waals surface area contributed by atoms with Gasteiger partial charge in [0.25, 0.3) is 5.91 Å². The minimum Gasteiger partial charge on any atom is -0.462 e.